The smallest absolute Gasteiger partial charge is 0.0928 e. The highest BCUT2D eigenvalue weighted by atomic mass is 35.5. The topological polar surface area (TPSA) is 22.1 Å². The number of aryl methyl sites for hydroxylation is 1. The van der Waals surface area contributed by atoms with E-state index in [4.69, 9.17) is 16.3 Å². The highest BCUT2D eigenvalue weighted by molar-refractivity contribution is 7.09. The predicted octanol–water partition coefficient (Wildman–Crippen LogP) is 5.58. The number of unbranched alkanes of at least 4 members (excludes halogenated alkanes) is 4. The summed E-state index contributed by atoms with van der Waals surface area (Å²) in [5, 5.41) is 3.25. The van der Waals surface area contributed by atoms with Crippen molar-refractivity contribution in [1.82, 2.24) is 4.98 Å². The molecule has 0 aliphatic rings. The Balaban J connectivity index is 1.95. The van der Waals surface area contributed by atoms with Gasteiger partial charge in [0, 0.05) is 12.0 Å². The van der Waals surface area contributed by atoms with Crippen LogP contribution in [0.25, 0.3) is 0 Å². The van der Waals surface area contributed by atoms with Crippen molar-refractivity contribution in [2.45, 2.75) is 77.2 Å². The molecule has 0 fully saturated rings. The van der Waals surface area contributed by atoms with Gasteiger partial charge in [-0.25, -0.2) is 4.98 Å². The second-order valence-corrected chi connectivity index (χ2v) is 6.56. The summed E-state index contributed by atoms with van der Waals surface area (Å²) in [5.74, 6) is 0.523. The van der Waals surface area contributed by atoms with Crippen LogP contribution >= 0.6 is 22.9 Å². The van der Waals surface area contributed by atoms with Crippen LogP contribution in [0.4, 0.5) is 0 Å². The van der Waals surface area contributed by atoms with Crippen LogP contribution in [0.3, 0.4) is 0 Å². The molecule has 2 nitrogen and oxygen atoms in total. The van der Waals surface area contributed by atoms with Gasteiger partial charge in [-0.1, -0.05) is 32.6 Å². The van der Waals surface area contributed by atoms with Crippen LogP contribution in [-0.4, -0.2) is 17.7 Å². The van der Waals surface area contributed by atoms with Crippen LogP contribution in [0.5, 0.6) is 0 Å². The summed E-state index contributed by atoms with van der Waals surface area (Å²) in [6.45, 7) is 5.32. The second kappa shape index (κ2) is 11.5. The van der Waals surface area contributed by atoms with Crippen LogP contribution in [0, 0.1) is 0 Å². The third-order valence-electron chi connectivity index (χ3n) is 3.39. The quantitative estimate of drug-likeness (QED) is 0.371. The van der Waals surface area contributed by atoms with Crippen LogP contribution in [0.1, 0.15) is 69.5 Å². The zero-order valence-corrected chi connectivity index (χ0v) is 14.4. The van der Waals surface area contributed by atoms with E-state index in [0.29, 0.717) is 12.0 Å². The minimum absolute atomic E-state index is 0.412. The molecular weight excluding hydrogens is 290 g/mol. The molecule has 0 aromatic carbocycles. The van der Waals surface area contributed by atoms with E-state index in [9.17, 15) is 0 Å². The molecule has 1 rings (SSSR count). The zero-order chi connectivity index (χ0) is 14.6. The molecule has 0 bridgehead atoms. The lowest BCUT2D eigenvalue weighted by atomic mass is 10.1. The Morgan fingerprint density at radius 3 is 2.80 bits per heavy atom. The molecule has 116 valence electrons. The van der Waals surface area contributed by atoms with Gasteiger partial charge in [0.25, 0.3) is 0 Å². The molecule has 1 aromatic heterocycles. The van der Waals surface area contributed by atoms with Crippen LogP contribution in [0.2, 0.25) is 0 Å². The number of hydrogen-bond donors (Lipinski definition) is 0. The highest BCUT2D eigenvalue weighted by Crippen LogP contribution is 2.14. The number of rotatable bonds is 12. The van der Waals surface area contributed by atoms with Crippen molar-refractivity contribution in [3.63, 3.8) is 0 Å². The largest absolute Gasteiger partial charge is 0.379 e. The molecule has 1 heterocycles. The van der Waals surface area contributed by atoms with Gasteiger partial charge in [0.2, 0.25) is 0 Å². The third kappa shape index (κ3) is 8.23. The molecular formula is C16H28ClNOS. The van der Waals surface area contributed by atoms with E-state index in [0.717, 1.165) is 31.6 Å². The lowest BCUT2D eigenvalue weighted by Gasteiger charge is -2.12. The standard InChI is InChI=1S/C16H28ClNOS/c1-3-4-5-6-9-14(2)19-11-8-7-10-16-18-15(12-17)13-20-16/h13-14H,3-12H2,1-2H3. The lowest BCUT2D eigenvalue weighted by Crippen LogP contribution is -2.09. The van der Waals surface area contributed by atoms with Crippen LogP contribution < -0.4 is 0 Å². The summed E-state index contributed by atoms with van der Waals surface area (Å²) in [7, 11) is 0. The van der Waals surface area contributed by atoms with E-state index in [1.807, 2.05) is 0 Å². The summed E-state index contributed by atoms with van der Waals surface area (Å²) in [4.78, 5) is 4.47. The lowest BCUT2D eigenvalue weighted by molar-refractivity contribution is 0.0560. The van der Waals surface area contributed by atoms with Gasteiger partial charge >= 0.3 is 0 Å². The van der Waals surface area contributed by atoms with Gasteiger partial charge in [0.05, 0.1) is 22.7 Å². The van der Waals surface area contributed by atoms with Crippen molar-refractivity contribution >= 4 is 22.9 Å². The molecule has 1 atom stereocenters. The first-order valence-electron chi connectivity index (χ1n) is 7.87. The van der Waals surface area contributed by atoms with Gasteiger partial charge in [-0.05, 0) is 32.6 Å². The fourth-order valence-electron chi connectivity index (χ4n) is 2.13. The van der Waals surface area contributed by atoms with E-state index < -0.39 is 0 Å². The number of halogens is 1. The Kier molecular flexibility index (Phi) is 10.3. The molecule has 0 saturated carbocycles. The maximum Gasteiger partial charge on any atom is 0.0928 e. The van der Waals surface area contributed by atoms with Crippen molar-refractivity contribution in [2.75, 3.05) is 6.61 Å². The van der Waals surface area contributed by atoms with Gasteiger partial charge < -0.3 is 4.74 Å². The first kappa shape index (κ1) is 17.9. The van der Waals surface area contributed by atoms with Gasteiger partial charge in [-0.3, -0.25) is 0 Å². The summed E-state index contributed by atoms with van der Waals surface area (Å²) in [5.41, 5.74) is 1.00. The Hall–Kier alpha value is -0.120. The van der Waals surface area contributed by atoms with E-state index in [1.165, 1.54) is 37.1 Å². The van der Waals surface area contributed by atoms with Crippen molar-refractivity contribution < 1.29 is 4.74 Å². The summed E-state index contributed by atoms with van der Waals surface area (Å²) in [6, 6.07) is 0. The van der Waals surface area contributed by atoms with Gasteiger partial charge in [0.1, 0.15) is 0 Å². The van der Waals surface area contributed by atoms with E-state index in [1.54, 1.807) is 11.3 Å². The number of thiazole rings is 1. The minimum atomic E-state index is 0.412. The maximum atomic E-state index is 5.85. The molecule has 0 aliphatic carbocycles. The number of alkyl halides is 1. The van der Waals surface area contributed by atoms with Crippen LogP contribution in [0.15, 0.2) is 5.38 Å². The first-order chi connectivity index (χ1) is 9.76. The Labute approximate surface area is 132 Å². The Morgan fingerprint density at radius 2 is 2.10 bits per heavy atom. The third-order valence-corrected chi connectivity index (χ3v) is 4.62. The minimum Gasteiger partial charge on any atom is -0.379 e. The van der Waals surface area contributed by atoms with Gasteiger partial charge in [-0.2, -0.15) is 0 Å². The van der Waals surface area contributed by atoms with Gasteiger partial charge in [-0.15, -0.1) is 22.9 Å². The van der Waals surface area contributed by atoms with Crippen molar-refractivity contribution in [2.24, 2.45) is 0 Å². The van der Waals surface area contributed by atoms with Crippen LogP contribution in [-0.2, 0) is 17.0 Å². The van der Waals surface area contributed by atoms with Crippen molar-refractivity contribution in [3.05, 3.63) is 16.1 Å². The van der Waals surface area contributed by atoms with Crippen molar-refractivity contribution in [3.8, 4) is 0 Å². The molecule has 1 unspecified atom stereocenters. The maximum absolute atomic E-state index is 5.85. The summed E-state index contributed by atoms with van der Waals surface area (Å²) < 4.78 is 5.85. The first-order valence-corrected chi connectivity index (χ1v) is 9.28. The summed E-state index contributed by atoms with van der Waals surface area (Å²) in [6.07, 6.45) is 10.2. The molecule has 20 heavy (non-hydrogen) atoms. The predicted molar refractivity (Wildman–Crippen MR) is 88.8 cm³/mol. The molecule has 0 saturated heterocycles. The Bertz CT molecular complexity index is 343. The second-order valence-electron chi connectivity index (χ2n) is 5.35. The average molecular weight is 318 g/mol. The highest BCUT2D eigenvalue weighted by Gasteiger charge is 2.03. The molecule has 0 amide bonds. The SMILES string of the molecule is CCCCCCC(C)OCCCCc1nc(CCl)cs1. The fraction of sp³-hybridized carbons (Fsp3) is 0.812. The molecule has 0 radical (unpaired) electrons. The number of hydrogen-bond acceptors (Lipinski definition) is 3. The van der Waals surface area contributed by atoms with E-state index in [-0.39, 0.29) is 0 Å². The zero-order valence-electron chi connectivity index (χ0n) is 12.9. The summed E-state index contributed by atoms with van der Waals surface area (Å²) >= 11 is 7.46. The van der Waals surface area contributed by atoms with E-state index >= 15 is 0 Å². The monoisotopic (exact) mass is 317 g/mol. The number of aromatic nitrogens is 1. The molecule has 4 heteroatoms. The molecule has 0 N–H and O–H groups in total. The average Bonchev–Trinajstić information content (AvgIpc) is 2.91. The molecule has 0 aliphatic heterocycles. The normalized spacial score (nSPS) is 12.8. The molecule has 1 aromatic rings. The molecule has 0 spiro atoms. The Morgan fingerprint density at radius 1 is 1.25 bits per heavy atom. The van der Waals surface area contributed by atoms with Crippen molar-refractivity contribution in [1.29, 1.82) is 0 Å². The number of nitrogens with zero attached hydrogens (tertiary/aromatic N) is 1. The van der Waals surface area contributed by atoms with E-state index in [2.05, 4.69) is 24.2 Å². The fourth-order valence-corrected chi connectivity index (χ4v) is 3.20. The number of ether oxygens (including phenoxy) is 1. The van der Waals surface area contributed by atoms with Gasteiger partial charge in [0.15, 0.2) is 0 Å².